The molecule has 1 aromatic carbocycles. The lowest BCUT2D eigenvalue weighted by Gasteiger charge is -2.33. The average molecular weight is 413 g/mol. The highest BCUT2D eigenvalue weighted by Crippen LogP contribution is 2.29. The zero-order valence-corrected chi connectivity index (χ0v) is 17.3. The first-order valence-electron chi connectivity index (χ1n) is 8.02. The van der Waals surface area contributed by atoms with Crippen LogP contribution in [-0.4, -0.2) is 56.0 Å². The van der Waals surface area contributed by atoms with Gasteiger partial charge in [-0.3, -0.25) is 4.79 Å². The maximum Gasteiger partial charge on any atom is 0.257 e. The Hall–Kier alpha value is -0.880. The van der Waals surface area contributed by atoms with Crippen LogP contribution >= 0.6 is 36.4 Å². The Morgan fingerprint density at radius 1 is 1.40 bits per heavy atom. The van der Waals surface area contributed by atoms with Gasteiger partial charge in [0.2, 0.25) is 0 Å². The minimum Gasteiger partial charge on any atom is -0.496 e. The third-order valence-corrected chi connectivity index (χ3v) is 4.94. The molecule has 25 heavy (non-hydrogen) atoms. The molecule has 1 heterocycles. The van der Waals surface area contributed by atoms with Crippen LogP contribution in [0, 0.1) is 0 Å². The van der Waals surface area contributed by atoms with Crippen LogP contribution < -0.4 is 10.5 Å². The fourth-order valence-electron chi connectivity index (χ4n) is 3.06. The fourth-order valence-corrected chi connectivity index (χ4v) is 3.23. The monoisotopic (exact) mass is 411 g/mol. The highest BCUT2D eigenvalue weighted by molar-refractivity contribution is 6.33. The maximum absolute atomic E-state index is 12.7. The van der Waals surface area contributed by atoms with Gasteiger partial charge in [0.25, 0.3) is 5.91 Å². The highest BCUT2D eigenvalue weighted by Gasteiger charge is 2.22. The number of halogens is 3. The van der Waals surface area contributed by atoms with Crippen molar-refractivity contribution in [2.24, 2.45) is 0 Å². The summed E-state index contributed by atoms with van der Waals surface area (Å²) in [5.41, 5.74) is 6.63. The van der Waals surface area contributed by atoms with Gasteiger partial charge in [-0.1, -0.05) is 18.0 Å². The Morgan fingerprint density at radius 3 is 2.68 bits per heavy atom. The molecule has 1 amide bonds. The molecule has 1 aromatic rings. The molecule has 1 unspecified atom stereocenters. The summed E-state index contributed by atoms with van der Waals surface area (Å²) in [4.78, 5) is 16.8. The number of hydrogen-bond acceptors (Lipinski definition) is 4. The third kappa shape index (κ3) is 6.10. The molecule has 0 aromatic heterocycles. The Labute approximate surface area is 167 Å². The van der Waals surface area contributed by atoms with E-state index in [2.05, 4.69) is 11.9 Å². The van der Waals surface area contributed by atoms with Crippen molar-refractivity contribution in [1.29, 1.82) is 0 Å². The fraction of sp³-hybridized carbons (Fsp3) is 0.588. The van der Waals surface area contributed by atoms with Crippen LogP contribution in [0.25, 0.3) is 0 Å². The van der Waals surface area contributed by atoms with Crippen LogP contribution in [0.3, 0.4) is 0 Å². The Bertz CT molecular complexity index is 572. The van der Waals surface area contributed by atoms with Gasteiger partial charge in [0, 0.05) is 25.7 Å². The molecule has 8 heteroatoms. The van der Waals surface area contributed by atoms with Crippen molar-refractivity contribution in [2.45, 2.75) is 31.7 Å². The van der Waals surface area contributed by atoms with Crippen LogP contribution in [-0.2, 0) is 0 Å². The van der Waals surface area contributed by atoms with E-state index < -0.39 is 0 Å². The Kier molecular flexibility index (Phi) is 10.6. The molecule has 1 aliphatic rings. The lowest BCUT2D eigenvalue weighted by molar-refractivity contribution is 0.0767. The Balaban J connectivity index is 0.00000288. The SMILES string of the molecule is COc1cc(N)c(Cl)cc1C(=O)N(C)CCC1CCCCN1C.Cl.Cl. The van der Waals surface area contributed by atoms with Gasteiger partial charge in [-0.15, -0.1) is 24.8 Å². The van der Waals surface area contributed by atoms with Crippen LogP contribution in [0.1, 0.15) is 36.0 Å². The summed E-state index contributed by atoms with van der Waals surface area (Å²) in [7, 11) is 5.50. The third-order valence-electron chi connectivity index (χ3n) is 4.62. The summed E-state index contributed by atoms with van der Waals surface area (Å²) >= 11 is 6.05. The second kappa shape index (κ2) is 11.0. The first-order chi connectivity index (χ1) is 10.9. The smallest absolute Gasteiger partial charge is 0.257 e. The second-order valence-corrected chi connectivity index (χ2v) is 6.63. The van der Waals surface area contributed by atoms with E-state index in [1.54, 1.807) is 17.0 Å². The van der Waals surface area contributed by atoms with Gasteiger partial charge < -0.3 is 20.3 Å². The molecule has 1 saturated heterocycles. The molecule has 0 bridgehead atoms. The van der Waals surface area contributed by atoms with E-state index in [-0.39, 0.29) is 30.7 Å². The molecule has 5 nitrogen and oxygen atoms in total. The first-order valence-corrected chi connectivity index (χ1v) is 8.40. The number of carbonyl (C=O) groups excluding carboxylic acids is 1. The van der Waals surface area contributed by atoms with E-state index in [0.717, 1.165) is 13.0 Å². The lowest BCUT2D eigenvalue weighted by Crippen LogP contribution is -2.39. The van der Waals surface area contributed by atoms with E-state index >= 15 is 0 Å². The molecular weight excluding hydrogens is 385 g/mol. The molecule has 1 aliphatic heterocycles. The van der Waals surface area contributed by atoms with Crippen molar-refractivity contribution < 1.29 is 9.53 Å². The summed E-state index contributed by atoms with van der Waals surface area (Å²) in [5.74, 6) is 0.362. The largest absolute Gasteiger partial charge is 0.496 e. The summed E-state index contributed by atoms with van der Waals surface area (Å²) < 4.78 is 5.27. The van der Waals surface area contributed by atoms with Gasteiger partial charge in [0.05, 0.1) is 23.4 Å². The topological polar surface area (TPSA) is 58.8 Å². The molecule has 144 valence electrons. The zero-order chi connectivity index (χ0) is 17.0. The maximum atomic E-state index is 12.7. The average Bonchev–Trinajstić information content (AvgIpc) is 2.55. The summed E-state index contributed by atoms with van der Waals surface area (Å²) in [6.07, 6.45) is 4.72. The lowest BCUT2D eigenvalue weighted by atomic mass is 10.00. The molecule has 0 radical (unpaired) electrons. The van der Waals surface area contributed by atoms with Gasteiger partial charge in [0.15, 0.2) is 0 Å². The second-order valence-electron chi connectivity index (χ2n) is 6.22. The Morgan fingerprint density at radius 2 is 2.08 bits per heavy atom. The quantitative estimate of drug-likeness (QED) is 0.749. The number of likely N-dealkylation sites (tertiary alicyclic amines) is 1. The van der Waals surface area contributed by atoms with Crippen molar-refractivity contribution in [3.63, 3.8) is 0 Å². The highest BCUT2D eigenvalue weighted by atomic mass is 35.5. The summed E-state index contributed by atoms with van der Waals surface area (Å²) in [6, 6.07) is 3.73. The normalized spacial score (nSPS) is 17.2. The van der Waals surface area contributed by atoms with Gasteiger partial charge in [-0.2, -0.15) is 0 Å². The number of hydrogen-bond donors (Lipinski definition) is 1. The van der Waals surface area contributed by atoms with E-state index in [9.17, 15) is 4.79 Å². The minimum absolute atomic E-state index is 0. The molecule has 0 aliphatic carbocycles. The van der Waals surface area contributed by atoms with Gasteiger partial charge in [0.1, 0.15) is 5.75 Å². The predicted octanol–water partition coefficient (Wildman–Crippen LogP) is 3.72. The van der Waals surface area contributed by atoms with Crippen molar-refractivity contribution >= 4 is 48.0 Å². The van der Waals surface area contributed by atoms with E-state index in [0.29, 0.717) is 34.6 Å². The van der Waals surface area contributed by atoms with Crippen molar-refractivity contribution in [3.8, 4) is 5.75 Å². The number of rotatable bonds is 5. The van der Waals surface area contributed by atoms with E-state index in [1.165, 1.54) is 26.4 Å². The minimum atomic E-state index is -0.0952. The number of nitrogens with two attached hydrogens (primary N) is 1. The predicted molar refractivity (Wildman–Crippen MR) is 109 cm³/mol. The standard InChI is InChI=1S/C17H26ClN3O2.2ClH/c1-20-8-5-4-6-12(20)7-9-21(2)17(22)13-10-14(18)15(19)11-16(13)23-3;;/h10-12H,4-9,19H2,1-3H3;2*1H. The van der Waals surface area contributed by atoms with Gasteiger partial charge >= 0.3 is 0 Å². The molecule has 1 fully saturated rings. The van der Waals surface area contributed by atoms with Crippen LogP contribution in [0.4, 0.5) is 5.69 Å². The van der Waals surface area contributed by atoms with Crippen molar-refractivity contribution in [1.82, 2.24) is 9.80 Å². The number of amides is 1. The number of anilines is 1. The zero-order valence-electron chi connectivity index (χ0n) is 15.0. The molecule has 1 atom stereocenters. The molecule has 0 spiro atoms. The molecule has 0 saturated carbocycles. The number of nitrogens with zero attached hydrogens (tertiary/aromatic N) is 2. The number of piperidine rings is 1. The number of nitrogen functional groups attached to an aromatic ring is 1. The van der Waals surface area contributed by atoms with Crippen LogP contribution in [0.15, 0.2) is 12.1 Å². The number of ether oxygens (including phenoxy) is 1. The van der Waals surface area contributed by atoms with E-state index in [4.69, 9.17) is 22.1 Å². The molecule has 2 rings (SSSR count). The summed E-state index contributed by atoms with van der Waals surface area (Å²) in [5, 5.41) is 0.370. The van der Waals surface area contributed by atoms with Gasteiger partial charge in [-0.25, -0.2) is 0 Å². The molecule has 2 N–H and O–H groups in total. The first kappa shape index (κ1) is 24.1. The van der Waals surface area contributed by atoms with Crippen LogP contribution in [0.5, 0.6) is 5.75 Å². The summed E-state index contributed by atoms with van der Waals surface area (Å²) in [6.45, 7) is 1.85. The number of carbonyl (C=O) groups is 1. The number of benzene rings is 1. The van der Waals surface area contributed by atoms with Crippen molar-refractivity contribution in [3.05, 3.63) is 22.7 Å². The molecular formula is C17H28Cl3N3O2. The number of methoxy groups -OCH3 is 1. The van der Waals surface area contributed by atoms with Gasteiger partial charge in [-0.05, 0) is 38.9 Å². The van der Waals surface area contributed by atoms with Crippen molar-refractivity contribution in [2.75, 3.05) is 40.0 Å². The van der Waals surface area contributed by atoms with Crippen LogP contribution in [0.2, 0.25) is 5.02 Å². The van der Waals surface area contributed by atoms with E-state index in [1.807, 2.05) is 7.05 Å².